The zero-order valence-corrected chi connectivity index (χ0v) is 14.9. The Labute approximate surface area is 144 Å². The second kappa shape index (κ2) is 10.5. The number of carboxylic acid groups (broad SMARTS) is 1. The number of methoxy groups -OCH3 is 1. The van der Waals surface area contributed by atoms with Crippen molar-refractivity contribution in [1.29, 1.82) is 0 Å². The van der Waals surface area contributed by atoms with E-state index < -0.39 is 11.6 Å². The zero-order valence-electron chi connectivity index (χ0n) is 14.1. The molecule has 0 aromatic heterocycles. The van der Waals surface area contributed by atoms with Gasteiger partial charge in [0, 0.05) is 19.5 Å². The normalized spacial score (nSPS) is 16.5. The first kappa shape index (κ1) is 21.7. The third-order valence-electron chi connectivity index (χ3n) is 4.06. The molecule has 6 heteroatoms. The summed E-state index contributed by atoms with van der Waals surface area (Å²) in [6.45, 7) is 6.77. The van der Waals surface area contributed by atoms with Crippen molar-refractivity contribution in [3.05, 3.63) is 29.8 Å². The molecule has 2 rings (SSSR count). The van der Waals surface area contributed by atoms with E-state index in [9.17, 15) is 9.90 Å². The van der Waals surface area contributed by atoms with Crippen LogP contribution in [0.25, 0.3) is 0 Å². The van der Waals surface area contributed by atoms with E-state index in [1.54, 1.807) is 14.0 Å². The average Bonchev–Trinajstić information content (AvgIpc) is 2.56. The van der Waals surface area contributed by atoms with Crippen molar-refractivity contribution in [2.45, 2.75) is 38.7 Å². The number of carboxylic acids is 1. The monoisotopic (exact) mass is 345 g/mol. The third kappa shape index (κ3) is 6.77. The summed E-state index contributed by atoms with van der Waals surface area (Å²) in [6.07, 6.45) is 1.85. The summed E-state index contributed by atoms with van der Waals surface area (Å²) < 4.78 is 5.13. The summed E-state index contributed by atoms with van der Waals surface area (Å²) in [7, 11) is 1.66. The quantitative estimate of drug-likeness (QED) is 0.878. The number of nitrogens with zero attached hydrogens (tertiary/aromatic N) is 1. The number of carbonyl (C=O) groups is 1. The molecule has 0 amide bonds. The van der Waals surface area contributed by atoms with Crippen LogP contribution < -0.4 is 4.74 Å². The lowest BCUT2D eigenvalue weighted by Gasteiger charge is -2.38. The molecule has 0 unspecified atom stereocenters. The number of hydrogen-bond donors (Lipinski definition) is 2. The number of piperidine rings is 1. The van der Waals surface area contributed by atoms with Crippen LogP contribution in [0.3, 0.4) is 0 Å². The van der Waals surface area contributed by atoms with Gasteiger partial charge in [0.15, 0.2) is 0 Å². The van der Waals surface area contributed by atoms with E-state index in [4.69, 9.17) is 9.84 Å². The highest BCUT2D eigenvalue weighted by Gasteiger charge is 2.33. The van der Waals surface area contributed by atoms with E-state index >= 15 is 0 Å². The molecule has 0 spiro atoms. The van der Waals surface area contributed by atoms with Crippen molar-refractivity contribution < 1.29 is 19.7 Å². The number of halogens is 1. The highest BCUT2D eigenvalue weighted by atomic mass is 35.5. The molecule has 0 aliphatic carbocycles. The van der Waals surface area contributed by atoms with E-state index in [0.717, 1.165) is 43.8 Å². The number of hydrogen-bond acceptors (Lipinski definition) is 4. The van der Waals surface area contributed by atoms with Gasteiger partial charge < -0.3 is 19.8 Å². The smallest absolute Gasteiger partial charge is 0.303 e. The maximum Gasteiger partial charge on any atom is 0.303 e. The predicted molar refractivity (Wildman–Crippen MR) is 93.4 cm³/mol. The van der Waals surface area contributed by atoms with Gasteiger partial charge in [0.2, 0.25) is 0 Å². The van der Waals surface area contributed by atoms with Gasteiger partial charge in [-0.2, -0.15) is 0 Å². The molecule has 1 aliphatic heterocycles. The highest BCUT2D eigenvalue weighted by molar-refractivity contribution is 5.85. The van der Waals surface area contributed by atoms with Gasteiger partial charge in [0.1, 0.15) is 5.75 Å². The van der Waals surface area contributed by atoms with Gasteiger partial charge in [-0.05, 0) is 37.1 Å². The lowest BCUT2D eigenvalue weighted by molar-refractivity contribution is -0.136. The van der Waals surface area contributed by atoms with Gasteiger partial charge in [-0.3, -0.25) is 4.79 Å². The van der Waals surface area contributed by atoms with Crippen molar-refractivity contribution in [2.24, 2.45) is 0 Å². The Bertz CT molecular complexity index is 456. The summed E-state index contributed by atoms with van der Waals surface area (Å²) in [5.74, 6) is 0.0911. The first-order valence-corrected chi connectivity index (χ1v) is 7.76. The zero-order chi connectivity index (χ0) is 16.6. The second-order valence-electron chi connectivity index (χ2n) is 5.44. The molecule has 0 atom stereocenters. The largest absolute Gasteiger partial charge is 0.497 e. The van der Waals surface area contributed by atoms with Crippen LogP contribution in [0.15, 0.2) is 24.3 Å². The second-order valence-corrected chi connectivity index (χ2v) is 5.44. The Balaban J connectivity index is 0.000000709. The van der Waals surface area contributed by atoms with Crippen LogP contribution in [0, 0.1) is 0 Å². The molecule has 1 saturated heterocycles. The molecule has 0 saturated carbocycles. The summed E-state index contributed by atoms with van der Waals surface area (Å²) >= 11 is 0. The van der Waals surface area contributed by atoms with Gasteiger partial charge in [0.05, 0.1) is 12.7 Å². The van der Waals surface area contributed by atoms with Crippen LogP contribution in [0.5, 0.6) is 5.75 Å². The Kier molecular flexibility index (Phi) is 9.88. The Morgan fingerprint density at radius 1 is 1.22 bits per heavy atom. The minimum absolute atomic E-state index is 0. The molecule has 5 nitrogen and oxygen atoms in total. The standard InChI is InChI=1S/C14H21NO2.C3H6O2.ClH/c1-3-15-10-8-14(16,9-11-15)12-4-6-13(17-2)7-5-12;1-2-3(4)5;/h4-7,16H,3,8-11H2,1-2H3;2H2,1H3,(H,4,5);1H. The maximum atomic E-state index is 10.7. The topological polar surface area (TPSA) is 70.0 Å². The fourth-order valence-corrected chi connectivity index (χ4v) is 2.43. The van der Waals surface area contributed by atoms with Crippen molar-refractivity contribution >= 4 is 18.4 Å². The number of aliphatic hydroxyl groups is 1. The van der Waals surface area contributed by atoms with Gasteiger partial charge >= 0.3 is 5.97 Å². The molecule has 0 bridgehead atoms. The van der Waals surface area contributed by atoms with E-state index in [-0.39, 0.29) is 18.8 Å². The van der Waals surface area contributed by atoms with Gasteiger partial charge in [-0.1, -0.05) is 26.0 Å². The minimum atomic E-state index is -0.745. The maximum absolute atomic E-state index is 10.7. The molecular formula is C17H28ClNO4. The summed E-state index contributed by atoms with van der Waals surface area (Å²) in [5, 5.41) is 18.4. The van der Waals surface area contributed by atoms with E-state index in [2.05, 4.69) is 11.8 Å². The van der Waals surface area contributed by atoms with Gasteiger partial charge in [-0.25, -0.2) is 0 Å². The number of likely N-dealkylation sites (tertiary alicyclic amines) is 1. The Hall–Kier alpha value is -1.30. The van der Waals surface area contributed by atoms with Crippen LogP contribution in [0.1, 0.15) is 38.7 Å². The summed E-state index contributed by atoms with van der Waals surface area (Å²) in [4.78, 5) is 11.7. The molecule has 1 aliphatic rings. The first-order chi connectivity index (χ1) is 10.4. The van der Waals surface area contributed by atoms with Crippen molar-refractivity contribution in [1.82, 2.24) is 4.90 Å². The minimum Gasteiger partial charge on any atom is -0.497 e. The van der Waals surface area contributed by atoms with E-state index in [0.29, 0.717) is 0 Å². The Morgan fingerprint density at radius 2 is 1.70 bits per heavy atom. The number of aliphatic carboxylic acids is 1. The highest BCUT2D eigenvalue weighted by Crippen LogP contribution is 2.33. The van der Waals surface area contributed by atoms with Gasteiger partial charge in [-0.15, -0.1) is 12.4 Å². The third-order valence-corrected chi connectivity index (χ3v) is 4.06. The van der Waals surface area contributed by atoms with Crippen molar-refractivity contribution in [2.75, 3.05) is 26.7 Å². The first-order valence-electron chi connectivity index (χ1n) is 7.76. The predicted octanol–water partition coefficient (Wildman–Crippen LogP) is 2.90. The van der Waals surface area contributed by atoms with Crippen LogP contribution in [-0.4, -0.2) is 47.8 Å². The van der Waals surface area contributed by atoms with E-state index in [1.165, 1.54) is 0 Å². The van der Waals surface area contributed by atoms with Gasteiger partial charge in [0.25, 0.3) is 0 Å². The Morgan fingerprint density at radius 3 is 2.04 bits per heavy atom. The van der Waals surface area contributed by atoms with E-state index in [1.807, 2.05) is 24.3 Å². The summed E-state index contributed by atoms with van der Waals surface area (Å²) in [6, 6.07) is 7.78. The number of rotatable bonds is 4. The number of benzene rings is 1. The number of ether oxygens (including phenoxy) is 1. The summed E-state index contributed by atoms with van der Waals surface area (Å²) in [5.41, 5.74) is 0.354. The van der Waals surface area contributed by atoms with Crippen LogP contribution >= 0.6 is 12.4 Å². The van der Waals surface area contributed by atoms with Crippen LogP contribution in [-0.2, 0) is 10.4 Å². The fraction of sp³-hybridized carbons (Fsp3) is 0.588. The molecule has 1 aromatic rings. The lowest BCUT2D eigenvalue weighted by Crippen LogP contribution is -2.42. The molecule has 132 valence electrons. The molecule has 2 N–H and O–H groups in total. The average molecular weight is 346 g/mol. The molecule has 23 heavy (non-hydrogen) atoms. The molecule has 1 fully saturated rings. The lowest BCUT2D eigenvalue weighted by atomic mass is 9.84. The molecular weight excluding hydrogens is 318 g/mol. The molecule has 0 radical (unpaired) electrons. The molecule has 1 aromatic carbocycles. The fourth-order valence-electron chi connectivity index (χ4n) is 2.43. The SMILES string of the molecule is CCC(=O)O.CCN1CCC(O)(c2ccc(OC)cc2)CC1.Cl. The van der Waals surface area contributed by atoms with Crippen molar-refractivity contribution in [3.8, 4) is 5.75 Å². The van der Waals surface area contributed by atoms with Crippen LogP contribution in [0.2, 0.25) is 0 Å². The van der Waals surface area contributed by atoms with Crippen molar-refractivity contribution in [3.63, 3.8) is 0 Å². The molecule has 1 heterocycles. The van der Waals surface area contributed by atoms with Crippen LogP contribution in [0.4, 0.5) is 0 Å².